The molecule has 1 saturated carbocycles. The Morgan fingerprint density at radius 1 is 1.38 bits per heavy atom. The number of hydrogen-bond acceptors (Lipinski definition) is 2. The Bertz CT molecular complexity index is 246. The topological polar surface area (TPSA) is 55.1 Å². The van der Waals surface area contributed by atoms with Gasteiger partial charge in [-0.25, -0.2) is 0 Å². The van der Waals surface area contributed by atoms with E-state index in [0.717, 1.165) is 13.0 Å². The molecule has 3 nitrogen and oxygen atoms in total. The second kappa shape index (κ2) is 5.17. The van der Waals surface area contributed by atoms with Gasteiger partial charge in [0.25, 0.3) is 0 Å². The van der Waals surface area contributed by atoms with Crippen molar-refractivity contribution in [3.8, 4) is 0 Å². The predicted molar refractivity (Wildman–Crippen MR) is 66.9 cm³/mol. The second-order valence-electron chi connectivity index (χ2n) is 5.65. The molecule has 0 spiro atoms. The first kappa shape index (κ1) is 13.5. The molecule has 1 amide bonds. The number of carbonyl (C=O) groups is 1. The Hall–Kier alpha value is -0.570. The van der Waals surface area contributed by atoms with Gasteiger partial charge in [-0.15, -0.1) is 0 Å². The Morgan fingerprint density at radius 2 is 1.94 bits per heavy atom. The number of nitrogens with one attached hydrogen (secondary N) is 1. The van der Waals surface area contributed by atoms with Gasteiger partial charge in [-0.05, 0) is 30.1 Å². The number of nitrogens with two attached hydrogens (primary N) is 1. The monoisotopic (exact) mass is 226 g/mol. The minimum atomic E-state index is -0.354. The molecule has 3 N–H and O–H groups in total. The summed E-state index contributed by atoms with van der Waals surface area (Å²) >= 11 is 0. The fourth-order valence-electron chi connectivity index (χ4n) is 2.01. The second-order valence-corrected chi connectivity index (χ2v) is 5.65. The first-order chi connectivity index (χ1) is 7.43. The van der Waals surface area contributed by atoms with E-state index in [4.69, 9.17) is 5.73 Å². The molecule has 1 rings (SSSR count). The SMILES string of the molecule is CC[C@H](C)[C@H](N)C(=O)NCC1(C(C)C)CC1. The summed E-state index contributed by atoms with van der Waals surface area (Å²) in [6, 6.07) is -0.354. The zero-order valence-electron chi connectivity index (χ0n) is 11.0. The molecule has 1 fully saturated rings. The fourth-order valence-corrected chi connectivity index (χ4v) is 2.01. The maximum Gasteiger partial charge on any atom is 0.237 e. The Kier molecular flexibility index (Phi) is 4.36. The molecule has 2 atom stereocenters. The van der Waals surface area contributed by atoms with Crippen LogP contribution in [-0.4, -0.2) is 18.5 Å². The van der Waals surface area contributed by atoms with E-state index in [1.807, 2.05) is 6.92 Å². The number of hydrogen-bond donors (Lipinski definition) is 2. The summed E-state index contributed by atoms with van der Waals surface area (Å²) in [6.07, 6.45) is 3.43. The average molecular weight is 226 g/mol. The van der Waals surface area contributed by atoms with Crippen molar-refractivity contribution in [2.45, 2.75) is 53.0 Å². The van der Waals surface area contributed by atoms with Gasteiger partial charge < -0.3 is 11.1 Å². The number of rotatable bonds is 6. The molecule has 0 aromatic rings. The van der Waals surface area contributed by atoms with Crippen LogP contribution in [0.4, 0.5) is 0 Å². The maximum absolute atomic E-state index is 11.8. The van der Waals surface area contributed by atoms with Gasteiger partial charge in [0, 0.05) is 6.54 Å². The zero-order chi connectivity index (χ0) is 12.3. The van der Waals surface area contributed by atoms with Crippen molar-refractivity contribution >= 4 is 5.91 Å². The summed E-state index contributed by atoms with van der Waals surface area (Å²) in [5, 5.41) is 3.02. The molecule has 0 bridgehead atoms. The maximum atomic E-state index is 11.8. The molecular weight excluding hydrogens is 200 g/mol. The lowest BCUT2D eigenvalue weighted by molar-refractivity contribution is -0.123. The molecule has 0 unspecified atom stereocenters. The Morgan fingerprint density at radius 3 is 2.31 bits per heavy atom. The first-order valence-corrected chi connectivity index (χ1v) is 6.46. The van der Waals surface area contributed by atoms with Crippen LogP contribution >= 0.6 is 0 Å². The highest BCUT2D eigenvalue weighted by atomic mass is 16.2. The quantitative estimate of drug-likeness (QED) is 0.727. The smallest absolute Gasteiger partial charge is 0.237 e. The van der Waals surface area contributed by atoms with Crippen LogP contribution in [0.5, 0.6) is 0 Å². The van der Waals surface area contributed by atoms with Crippen LogP contribution in [0.2, 0.25) is 0 Å². The van der Waals surface area contributed by atoms with Gasteiger partial charge >= 0.3 is 0 Å². The Balaban J connectivity index is 2.36. The van der Waals surface area contributed by atoms with Crippen LogP contribution in [0.1, 0.15) is 47.0 Å². The van der Waals surface area contributed by atoms with Crippen molar-refractivity contribution in [3.05, 3.63) is 0 Å². The largest absolute Gasteiger partial charge is 0.354 e. The van der Waals surface area contributed by atoms with E-state index in [2.05, 4.69) is 26.1 Å². The summed E-state index contributed by atoms with van der Waals surface area (Å²) in [5.74, 6) is 0.920. The average Bonchev–Trinajstić information content (AvgIpc) is 3.04. The molecule has 0 aliphatic heterocycles. The van der Waals surface area contributed by atoms with Gasteiger partial charge in [0.2, 0.25) is 5.91 Å². The van der Waals surface area contributed by atoms with Gasteiger partial charge in [0.15, 0.2) is 0 Å². The van der Waals surface area contributed by atoms with Crippen molar-refractivity contribution in [1.29, 1.82) is 0 Å². The molecule has 0 aromatic heterocycles. The third-order valence-electron chi connectivity index (χ3n) is 4.29. The van der Waals surface area contributed by atoms with Gasteiger partial charge in [-0.1, -0.05) is 34.1 Å². The molecule has 0 heterocycles. The van der Waals surface area contributed by atoms with E-state index in [1.54, 1.807) is 0 Å². The molecule has 16 heavy (non-hydrogen) atoms. The molecule has 3 heteroatoms. The first-order valence-electron chi connectivity index (χ1n) is 6.46. The van der Waals surface area contributed by atoms with Gasteiger partial charge in [-0.2, -0.15) is 0 Å². The van der Waals surface area contributed by atoms with Crippen LogP contribution in [0, 0.1) is 17.3 Å². The van der Waals surface area contributed by atoms with Crippen molar-refractivity contribution in [2.75, 3.05) is 6.54 Å². The van der Waals surface area contributed by atoms with Crippen molar-refractivity contribution in [2.24, 2.45) is 23.0 Å². The van der Waals surface area contributed by atoms with E-state index < -0.39 is 0 Å². The van der Waals surface area contributed by atoms with Crippen molar-refractivity contribution in [3.63, 3.8) is 0 Å². The molecule has 0 aromatic carbocycles. The highest BCUT2D eigenvalue weighted by Gasteiger charge is 2.45. The van der Waals surface area contributed by atoms with E-state index in [0.29, 0.717) is 11.3 Å². The highest BCUT2D eigenvalue weighted by molar-refractivity contribution is 5.81. The normalized spacial score (nSPS) is 21.6. The zero-order valence-corrected chi connectivity index (χ0v) is 11.0. The molecule has 0 radical (unpaired) electrons. The van der Waals surface area contributed by atoms with Crippen LogP contribution < -0.4 is 11.1 Å². The van der Waals surface area contributed by atoms with E-state index in [1.165, 1.54) is 12.8 Å². The van der Waals surface area contributed by atoms with Crippen LogP contribution in [0.15, 0.2) is 0 Å². The van der Waals surface area contributed by atoms with Crippen molar-refractivity contribution in [1.82, 2.24) is 5.32 Å². The van der Waals surface area contributed by atoms with E-state index >= 15 is 0 Å². The minimum absolute atomic E-state index is 0.0151. The Labute approximate surface area is 99.2 Å². The third kappa shape index (κ3) is 2.97. The summed E-state index contributed by atoms with van der Waals surface area (Å²) in [5.41, 5.74) is 6.25. The van der Waals surface area contributed by atoms with Gasteiger partial charge in [-0.3, -0.25) is 4.79 Å². The summed E-state index contributed by atoms with van der Waals surface area (Å²) in [6.45, 7) is 9.35. The van der Waals surface area contributed by atoms with Crippen LogP contribution in [0.25, 0.3) is 0 Å². The summed E-state index contributed by atoms with van der Waals surface area (Å²) in [4.78, 5) is 11.8. The van der Waals surface area contributed by atoms with Gasteiger partial charge in [0.05, 0.1) is 6.04 Å². The third-order valence-corrected chi connectivity index (χ3v) is 4.29. The lowest BCUT2D eigenvalue weighted by Gasteiger charge is -2.23. The molecular formula is C13H26N2O. The minimum Gasteiger partial charge on any atom is -0.354 e. The summed E-state index contributed by atoms with van der Waals surface area (Å²) in [7, 11) is 0. The molecule has 0 saturated heterocycles. The van der Waals surface area contributed by atoms with Gasteiger partial charge in [0.1, 0.15) is 0 Å². The highest BCUT2D eigenvalue weighted by Crippen LogP contribution is 2.51. The number of carbonyl (C=O) groups excluding carboxylic acids is 1. The lowest BCUT2D eigenvalue weighted by Crippen LogP contribution is -2.46. The summed E-state index contributed by atoms with van der Waals surface area (Å²) < 4.78 is 0. The lowest BCUT2D eigenvalue weighted by atomic mass is 9.92. The standard InChI is InChI=1S/C13H26N2O/c1-5-10(4)11(14)12(16)15-8-13(6-7-13)9(2)3/h9-11H,5-8,14H2,1-4H3,(H,15,16)/t10-,11-/m0/s1. The van der Waals surface area contributed by atoms with Crippen LogP contribution in [0.3, 0.4) is 0 Å². The molecule has 94 valence electrons. The predicted octanol–water partition coefficient (Wildman–Crippen LogP) is 1.91. The van der Waals surface area contributed by atoms with E-state index in [9.17, 15) is 4.79 Å². The molecule has 1 aliphatic carbocycles. The number of amides is 1. The fraction of sp³-hybridized carbons (Fsp3) is 0.923. The molecule has 1 aliphatic rings. The van der Waals surface area contributed by atoms with E-state index in [-0.39, 0.29) is 17.9 Å². The van der Waals surface area contributed by atoms with Crippen molar-refractivity contribution < 1.29 is 4.79 Å². The van der Waals surface area contributed by atoms with Crippen LogP contribution in [-0.2, 0) is 4.79 Å².